The van der Waals surface area contributed by atoms with Crippen LogP contribution in [0.15, 0.2) is 0 Å². The van der Waals surface area contributed by atoms with Crippen LogP contribution in [0.2, 0.25) is 0 Å². The lowest BCUT2D eigenvalue weighted by atomic mass is 10.2. The molecule has 0 aromatic rings. The molecule has 0 spiro atoms. The monoisotopic (exact) mass is 400 g/mol. The van der Waals surface area contributed by atoms with Gasteiger partial charge in [-0.25, -0.2) is 4.79 Å². The molecule has 0 aliphatic carbocycles. The summed E-state index contributed by atoms with van der Waals surface area (Å²) < 4.78 is 15.4. The molecule has 0 unspecified atom stereocenters. The van der Waals surface area contributed by atoms with Crippen LogP contribution in [-0.4, -0.2) is 73.2 Å². The van der Waals surface area contributed by atoms with E-state index in [1.807, 2.05) is 6.92 Å². The first-order valence-electron chi connectivity index (χ1n) is 9.54. The summed E-state index contributed by atoms with van der Waals surface area (Å²) in [4.78, 5) is 49.6. The van der Waals surface area contributed by atoms with Crippen LogP contribution in [0.4, 0.5) is 4.79 Å². The molecule has 1 rings (SSSR count). The fraction of sp³-hybridized carbons (Fsp3) is 0.789. The third-order valence-electron chi connectivity index (χ3n) is 4.22. The normalized spacial score (nSPS) is 19.2. The first kappa shape index (κ1) is 23.9. The smallest absolute Gasteiger partial charge is 0.411 e. The number of ether oxygens (including phenoxy) is 3. The SMILES string of the molecule is CCOC[C@@H]1CC[C@@H](C(=O)NCC(=O)CCC(=O)OC)N1C(=O)OC(C)(C)C. The average Bonchev–Trinajstić information content (AvgIpc) is 3.05. The third kappa shape index (κ3) is 7.84. The molecule has 1 aliphatic rings. The van der Waals surface area contributed by atoms with Gasteiger partial charge < -0.3 is 19.5 Å². The molecule has 9 heteroatoms. The van der Waals surface area contributed by atoms with Gasteiger partial charge in [0.2, 0.25) is 5.91 Å². The van der Waals surface area contributed by atoms with E-state index in [2.05, 4.69) is 10.1 Å². The Labute approximate surface area is 166 Å². The molecule has 0 aromatic carbocycles. The third-order valence-corrected chi connectivity index (χ3v) is 4.22. The highest BCUT2D eigenvalue weighted by molar-refractivity contribution is 5.91. The molecule has 1 aliphatic heterocycles. The molecule has 0 radical (unpaired) electrons. The van der Waals surface area contributed by atoms with E-state index in [4.69, 9.17) is 9.47 Å². The molecule has 28 heavy (non-hydrogen) atoms. The second kappa shape index (κ2) is 11.0. The number of hydrogen-bond acceptors (Lipinski definition) is 7. The van der Waals surface area contributed by atoms with Gasteiger partial charge in [-0.15, -0.1) is 0 Å². The Morgan fingerprint density at radius 3 is 2.36 bits per heavy atom. The van der Waals surface area contributed by atoms with Gasteiger partial charge in [0.05, 0.1) is 32.7 Å². The number of carbonyl (C=O) groups is 4. The lowest BCUT2D eigenvalue weighted by Crippen LogP contribution is -2.52. The van der Waals surface area contributed by atoms with Crippen LogP contribution in [0.3, 0.4) is 0 Å². The van der Waals surface area contributed by atoms with Gasteiger partial charge in [-0.3, -0.25) is 19.3 Å². The van der Waals surface area contributed by atoms with Crippen LogP contribution in [-0.2, 0) is 28.6 Å². The van der Waals surface area contributed by atoms with Crippen molar-refractivity contribution in [3.63, 3.8) is 0 Å². The number of hydrogen-bond donors (Lipinski definition) is 1. The van der Waals surface area contributed by atoms with Gasteiger partial charge in [0.25, 0.3) is 0 Å². The maximum atomic E-state index is 12.6. The molecule has 0 saturated carbocycles. The number of amides is 2. The maximum absolute atomic E-state index is 12.6. The number of ketones is 1. The lowest BCUT2D eigenvalue weighted by Gasteiger charge is -2.32. The van der Waals surface area contributed by atoms with E-state index in [-0.39, 0.29) is 31.2 Å². The van der Waals surface area contributed by atoms with Crippen LogP contribution < -0.4 is 5.32 Å². The van der Waals surface area contributed by atoms with Gasteiger partial charge in [-0.05, 0) is 40.5 Å². The van der Waals surface area contributed by atoms with Crippen LogP contribution in [0.1, 0.15) is 53.4 Å². The Balaban J connectivity index is 2.70. The topological polar surface area (TPSA) is 111 Å². The van der Waals surface area contributed by atoms with E-state index in [1.54, 1.807) is 20.8 Å². The summed E-state index contributed by atoms with van der Waals surface area (Å²) in [6.07, 6.45) is 0.439. The van der Waals surface area contributed by atoms with Gasteiger partial charge in [-0.2, -0.15) is 0 Å². The van der Waals surface area contributed by atoms with Gasteiger partial charge in [0, 0.05) is 13.0 Å². The zero-order valence-corrected chi connectivity index (χ0v) is 17.4. The van der Waals surface area contributed by atoms with Crippen molar-refractivity contribution in [1.29, 1.82) is 0 Å². The second-order valence-electron chi connectivity index (χ2n) is 7.63. The summed E-state index contributed by atoms with van der Waals surface area (Å²) in [5, 5.41) is 2.56. The predicted octanol–water partition coefficient (Wildman–Crippen LogP) is 1.43. The Morgan fingerprint density at radius 2 is 1.79 bits per heavy atom. The summed E-state index contributed by atoms with van der Waals surface area (Å²) >= 11 is 0. The highest BCUT2D eigenvalue weighted by Crippen LogP contribution is 2.27. The molecule has 9 nitrogen and oxygen atoms in total. The molecule has 2 atom stereocenters. The van der Waals surface area contributed by atoms with Crippen molar-refractivity contribution >= 4 is 23.8 Å². The Hall–Kier alpha value is -2.16. The number of nitrogens with zero attached hydrogens (tertiary/aromatic N) is 1. The number of esters is 1. The summed E-state index contributed by atoms with van der Waals surface area (Å²) in [5.74, 6) is -1.19. The minimum Gasteiger partial charge on any atom is -0.469 e. The molecule has 160 valence electrons. The number of rotatable bonds is 9. The van der Waals surface area contributed by atoms with E-state index in [0.29, 0.717) is 26.1 Å². The Kier molecular flexibility index (Phi) is 9.37. The summed E-state index contributed by atoms with van der Waals surface area (Å²) in [6, 6.07) is -0.991. The van der Waals surface area contributed by atoms with Crippen molar-refractivity contribution in [3.05, 3.63) is 0 Å². The first-order chi connectivity index (χ1) is 13.1. The lowest BCUT2D eigenvalue weighted by molar-refractivity contribution is -0.141. The maximum Gasteiger partial charge on any atom is 0.411 e. The number of methoxy groups -OCH3 is 1. The Morgan fingerprint density at radius 1 is 1.11 bits per heavy atom. The minimum atomic E-state index is -0.728. The second-order valence-corrected chi connectivity index (χ2v) is 7.63. The summed E-state index contributed by atoms with van der Waals surface area (Å²) in [7, 11) is 1.25. The van der Waals surface area contributed by atoms with Crippen molar-refractivity contribution in [2.24, 2.45) is 0 Å². The molecular formula is C19H32N2O7. The largest absolute Gasteiger partial charge is 0.469 e. The Bertz CT molecular complexity index is 571. The van der Waals surface area contributed by atoms with Crippen LogP contribution in [0.5, 0.6) is 0 Å². The molecule has 0 bridgehead atoms. The highest BCUT2D eigenvalue weighted by Gasteiger charge is 2.42. The van der Waals surface area contributed by atoms with Crippen molar-refractivity contribution in [2.45, 2.75) is 71.1 Å². The summed E-state index contributed by atoms with van der Waals surface area (Å²) in [6.45, 7) is 7.75. The molecule has 2 amide bonds. The van der Waals surface area contributed by atoms with Gasteiger partial charge in [0.15, 0.2) is 5.78 Å². The standard InChI is InChI=1S/C19H32N2O7/c1-6-27-12-13-7-9-15(21(13)18(25)28-19(2,3)4)17(24)20-11-14(22)8-10-16(23)26-5/h13,15H,6-12H2,1-5H3,(H,20,24)/t13-,15-/m0/s1. The minimum absolute atomic E-state index is 0.0135. The number of nitrogens with one attached hydrogen (secondary N) is 1. The van der Waals surface area contributed by atoms with E-state index >= 15 is 0 Å². The summed E-state index contributed by atoms with van der Waals surface area (Å²) in [5.41, 5.74) is -0.694. The van der Waals surface area contributed by atoms with Gasteiger partial charge in [-0.1, -0.05) is 0 Å². The quantitative estimate of drug-likeness (QED) is 0.583. The van der Waals surface area contributed by atoms with E-state index in [0.717, 1.165) is 0 Å². The van der Waals surface area contributed by atoms with Crippen LogP contribution in [0.25, 0.3) is 0 Å². The fourth-order valence-corrected chi connectivity index (χ4v) is 2.88. The van der Waals surface area contributed by atoms with Crippen molar-refractivity contribution < 1.29 is 33.4 Å². The van der Waals surface area contributed by atoms with E-state index < -0.39 is 29.6 Å². The zero-order valence-electron chi connectivity index (χ0n) is 17.4. The molecule has 1 heterocycles. The first-order valence-corrected chi connectivity index (χ1v) is 9.54. The highest BCUT2D eigenvalue weighted by atomic mass is 16.6. The van der Waals surface area contributed by atoms with E-state index in [9.17, 15) is 19.2 Å². The number of carbonyl (C=O) groups excluding carboxylic acids is 4. The van der Waals surface area contributed by atoms with Crippen molar-refractivity contribution in [1.82, 2.24) is 10.2 Å². The van der Waals surface area contributed by atoms with Crippen molar-refractivity contribution in [3.8, 4) is 0 Å². The van der Waals surface area contributed by atoms with Gasteiger partial charge in [0.1, 0.15) is 11.6 Å². The van der Waals surface area contributed by atoms with Crippen LogP contribution in [0, 0.1) is 0 Å². The van der Waals surface area contributed by atoms with E-state index in [1.165, 1.54) is 12.0 Å². The molecule has 1 fully saturated rings. The van der Waals surface area contributed by atoms with Crippen LogP contribution >= 0.6 is 0 Å². The van der Waals surface area contributed by atoms with Gasteiger partial charge >= 0.3 is 12.1 Å². The molecule has 0 aromatic heterocycles. The molecule has 1 saturated heterocycles. The molecule has 1 N–H and O–H groups in total. The zero-order chi connectivity index (χ0) is 21.3. The number of Topliss-reactive ketones (excluding diaryl/α,β-unsaturated/α-hetero) is 1. The average molecular weight is 400 g/mol. The van der Waals surface area contributed by atoms with Crippen molar-refractivity contribution in [2.75, 3.05) is 26.9 Å². The predicted molar refractivity (Wildman–Crippen MR) is 101 cm³/mol. The fourth-order valence-electron chi connectivity index (χ4n) is 2.88. The number of likely N-dealkylation sites (tertiary alicyclic amines) is 1. The molecular weight excluding hydrogens is 368 g/mol.